The minimum absolute atomic E-state index is 0.380. The second-order valence-electron chi connectivity index (χ2n) is 7.07. The Morgan fingerprint density at radius 3 is 2.66 bits per heavy atom. The molecule has 0 fully saturated rings. The van der Waals surface area contributed by atoms with Gasteiger partial charge in [-0.25, -0.2) is 9.78 Å². The third kappa shape index (κ3) is 4.92. The SMILES string of the molecule is CCOc1cc(/C=N\n2c(-n3nc(C)cc3C)n[nH]c2=S)ccc1OCC(C)C. The van der Waals surface area contributed by atoms with Crippen molar-refractivity contribution in [2.24, 2.45) is 11.0 Å². The summed E-state index contributed by atoms with van der Waals surface area (Å²) in [5, 5.41) is 16.0. The number of benzene rings is 1. The molecule has 9 heteroatoms. The molecule has 0 saturated carbocycles. The molecular formula is C20H26N6O2S. The van der Waals surface area contributed by atoms with E-state index in [-0.39, 0.29) is 0 Å². The quantitative estimate of drug-likeness (QED) is 0.444. The Balaban J connectivity index is 1.90. The highest BCUT2D eigenvalue weighted by Gasteiger charge is 2.12. The smallest absolute Gasteiger partial charge is 0.271 e. The third-order valence-corrected chi connectivity index (χ3v) is 4.26. The maximum Gasteiger partial charge on any atom is 0.271 e. The summed E-state index contributed by atoms with van der Waals surface area (Å²) in [6, 6.07) is 7.69. The van der Waals surface area contributed by atoms with Gasteiger partial charge in [-0.1, -0.05) is 13.8 Å². The number of aromatic nitrogens is 5. The average Bonchev–Trinajstić information content (AvgIpc) is 3.20. The van der Waals surface area contributed by atoms with Crippen LogP contribution < -0.4 is 9.47 Å². The van der Waals surface area contributed by atoms with Gasteiger partial charge in [-0.05, 0) is 68.7 Å². The van der Waals surface area contributed by atoms with Gasteiger partial charge in [0.1, 0.15) is 0 Å². The number of hydrogen-bond acceptors (Lipinski definition) is 6. The molecule has 0 saturated heterocycles. The summed E-state index contributed by atoms with van der Waals surface area (Å²) in [4.78, 5) is 0. The van der Waals surface area contributed by atoms with Gasteiger partial charge in [-0.2, -0.15) is 14.9 Å². The molecule has 0 aliphatic carbocycles. The topological polar surface area (TPSA) is 82.3 Å². The average molecular weight is 415 g/mol. The first-order chi connectivity index (χ1) is 13.9. The summed E-state index contributed by atoms with van der Waals surface area (Å²) < 4.78 is 15.2. The van der Waals surface area contributed by atoms with E-state index in [0.717, 1.165) is 22.7 Å². The first kappa shape index (κ1) is 20.8. The van der Waals surface area contributed by atoms with Gasteiger partial charge in [0.15, 0.2) is 11.5 Å². The van der Waals surface area contributed by atoms with Crippen LogP contribution in [0.3, 0.4) is 0 Å². The Morgan fingerprint density at radius 1 is 1.21 bits per heavy atom. The molecule has 29 heavy (non-hydrogen) atoms. The van der Waals surface area contributed by atoms with Crippen LogP contribution in [0.15, 0.2) is 29.4 Å². The Bertz CT molecular complexity index is 1060. The lowest BCUT2D eigenvalue weighted by atomic mass is 10.2. The van der Waals surface area contributed by atoms with Crippen molar-refractivity contribution in [2.75, 3.05) is 13.2 Å². The zero-order valence-corrected chi connectivity index (χ0v) is 18.2. The Labute approximate surface area is 175 Å². The summed E-state index contributed by atoms with van der Waals surface area (Å²) in [6.45, 7) is 11.2. The number of nitrogens with one attached hydrogen (secondary N) is 1. The first-order valence-corrected chi connectivity index (χ1v) is 9.95. The normalized spacial score (nSPS) is 11.5. The van der Waals surface area contributed by atoms with Gasteiger partial charge < -0.3 is 9.47 Å². The number of ether oxygens (including phenoxy) is 2. The van der Waals surface area contributed by atoms with Crippen molar-refractivity contribution >= 4 is 18.4 Å². The van der Waals surface area contributed by atoms with E-state index in [4.69, 9.17) is 21.7 Å². The lowest BCUT2D eigenvalue weighted by Gasteiger charge is -2.13. The van der Waals surface area contributed by atoms with Crippen molar-refractivity contribution in [3.05, 3.63) is 46.0 Å². The summed E-state index contributed by atoms with van der Waals surface area (Å²) in [6.07, 6.45) is 1.70. The minimum Gasteiger partial charge on any atom is -0.490 e. The standard InChI is InChI=1S/C20H26N6O2S/c1-6-27-18-10-16(7-8-17(18)28-12-13(2)3)11-21-26-19(22-23-20(26)29)25-15(5)9-14(4)24-25/h7-11,13H,6,12H2,1-5H3,(H,23,29)/b21-11-. The summed E-state index contributed by atoms with van der Waals surface area (Å²) in [5.74, 6) is 2.34. The van der Waals surface area contributed by atoms with Gasteiger partial charge in [0.25, 0.3) is 5.95 Å². The molecule has 0 amide bonds. The van der Waals surface area contributed by atoms with E-state index < -0.39 is 0 Å². The highest BCUT2D eigenvalue weighted by molar-refractivity contribution is 7.71. The van der Waals surface area contributed by atoms with E-state index in [1.807, 2.05) is 45.0 Å². The lowest BCUT2D eigenvalue weighted by Crippen LogP contribution is -2.07. The van der Waals surface area contributed by atoms with E-state index in [1.165, 1.54) is 4.68 Å². The molecular weight excluding hydrogens is 388 g/mol. The second kappa shape index (κ2) is 9.04. The molecule has 0 spiro atoms. The fourth-order valence-electron chi connectivity index (χ4n) is 2.73. The van der Waals surface area contributed by atoms with Crippen molar-refractivity contribution in [1.82, 2.24) is 24.7 Å². The fourth-order valence-corrected chi connectivity index (χ4v) is 2.90. The Kier molecular flexibility index (Phi) is 6.48. The predicted molar refractivity (Wildman–Crippen MR) is 115 cm³/mol. The van der Waals surface area contributed by atoms with Gasteiger partial charge in [0.2, 0.25) is 4.77 Å². The van der Waals surface area contributed by atoms with Crippen LogP contribution in [0.5, 0.6) is 11.5 Å². The van der Waals surface area contributed by atoms with Crippen LogP contribution in [-0.4, -0.2) is 44.1 Å². The van der Waals surface area contributed by atoms with Crippen molar-refractivity contribution in [2.45, 2.75) is 34.6 Å². The molecule has 1 aromatic carbocycles. The fraction of sp³-hybridized carbons (Fsp3) is 0.400. The van der Waals surface area contributed by atoms with Gasteiger partial charge in [-0.15, -0.1) is 5.10 Å². The van der Waals surface area contributed by atoms with Crippen LogP contribution in [0.1, 0.15) is 37.7 Å². The first-order valence-electron chi connectivity index (χ1n) is 9.54. The molecule has 2 heterocycles. The second-order valence-corrected chi connectivity index (χ2v) is 7.45. The molecule has 3 rings (SSSR count). The molecule has 1 N–H and O–H groups in total. The maximum absolute atomic E-state index is 5.85. The van der Waals surface area contributed by atoms with Crippen molar-refractivity contribution < 1.29 is 9.47 Å². The molecule has 2 aromatic heterocycles. The largest absolute Gasteiger partial charge is 0.490 e. The molecule has 0 aliphatic rings. The van der Waals surface area contributed by atoms with Gasteiger partial charge >= 0.3 is 0 Å². The third-order valence-electron chi connectivity index (χ3n) is 3.99. The van der Waals surface area contributed by atoms with E-state index in [1.54, 1.807) is 10.9 Å². The minimum atomic E-state index is 0.380. The number of aryl methyl sites for hydroxylation is 2. The van der Waals surface area contributed by atoms with Crippen molar-refractivity contribution in [1.29, 1.82) is 0 Å². The summed E-state index contributed by atoms with van der Waals surface area (Å²) in [5.41, 5.74) is 2.69. The molecule has 0 radical (unpaired) electrons. The molecule has 8 nitrogen and oxygen atoms in total. The zero-order valence-electron chi connectivity index (χ0n) is 17.3. The monoisotopic (exact) mass is 414 g/mol. The number of aromatic amines is 1. The molecule has 0 aliphatic heterocycles. The highest BCUT2D eigenvalue weighted by atomic mass is 32.1. The zero-order chi connectivity index (χ0) is 21.0. The van der Waals surface area contributed by atoms with Crippen molar-refractivity contribution in [3.8, 4) is 17.4 Å². The highest BCUT2D eigenvalue weighted by Crippen LogP contribution is 2.28. The van der Waals surface area contributed by atoms with Crippen LogP contribution in [0.4, 0.5) is 0 Å². The van der Waals surface area contributed by atoms with E-state index in [0.29, 0.717) is 35.6 Å². The molecule has 0 bridgehead atoms. The van der Waals surface area contributed by atoms with E-state index >= 15 is 0 Å². The maximum atomic E-state index is 5.85. The molecule has 0 atom stereocenters. The predicted octanol–water partition coefficient (Wildman–Crippen LogP) is 4.06. The van der Waals surface area contributed by atoms with Crippen LogP contribution in [0.25, 0.3) is 5.95 Å². The van der Waals surface area contributed by atoms with Crippen LogP contribution in [-0.2, 0) is 0 Å². The summed E-state index contributed by atoms with van der Waals surface area (Å²) >= 11 is 5.33. The van der Waals surface area contributed by atoms with Crippen molar-refractivity contribution in [3.63, 3.8) is 0 Å². The Morgan fingerprint density at radius 2 is 2.00 bits per heavy atom. The van der Waals surface area contributed by atoms with Crippen LogP contribution in [0.2, 0.25) is 0 Å². The molecule has 3 aromatic rings. The number of nitrogens with zero attached hydrogens (tertiary/aromatic N) is 5. The van der Waals surface area contributed by atoms with E-state index in [2.05, 4.69) is 34.2 Å². The van der Waals surface area contributed by atoms with Gasteiger partial charge in [0, 0.05) is 5.69 Å². The summed E-state index contributed by atoms with van der Waals surface area (Å²) in [7, 11) is 0. The van der Waals surface area contributed by atoms with Crippen LogP contribution >= 0.6 is 12.2 Å². The van der Waals surface area contributed by atoms with Gasteiger partial charge in [0.05, 0.1) is 25.1 Å². The number of hydrogen-bond donors (Lipinski definition) is 1. The number of rotatable bonds is 8. The molecule has 154 valence electrons. The van der Waals surface area contributed by atoms with E-state index in [9.17, 15) is 0 Å². The molecule has 0 unspecified atom stereocenters. The van der Waals surface area contributed by atoms with Gasteiger partial charge in [-0.3, -0.25) is 0 Å². The lowest BCUT2D eigenvalue weighted by molar-refractivity contribution is 0.248. The Hall–Kier alpha value is -2.94. The van der Waals surface area contributed by atoms with Crippen LogP contribution in [0, 0.1) is 24.5 Å². The number of H-pyrrole nitrogens is 1.